The first kappa shape index (κ1) is 15.6. The Morgan fingerprint density at radius 3 is 2.76 bits per heavy atom. The van der Waals surface area contributed by atoms with E-state index in [1.54, 1.807) is 0 Å². The lowest BCUT2D eigenvalue weighted by atomic mass is 9.85. The zero-order valence-electron chi connectivity index (χ0n) is 12.6. The molecular weight excluding hydrogens is 260 g/mol. The van der Waals surface area contributed by atoms with Crippen molar-refractivity contribution >= 4 is 5.97 Å². The number of carbonyl (C=O) groups is 1. The van der Waals surface area contributed by atoms with Crippen molar-refractivity contribution < 1.29 is 9.53 Å². The monoisotopic (exact) mass is 284 g/mol. The molecule has 0 spiro atoms. The number of ether oxygens (including phenoxy) is 1. The zero-order chi connectivity index (χ0) is 15.1. The Balaban J connectivity index is 1.96. The summed E-state index contributed by atoms with van der Waals surface area (Å²) >= 11 is 0. The fourth-order valence-electron chi connectivity index (χ4n) is 3.04. The molecule has 1 fully saturated rings. The van der Waals surface area contributed by atoms with Crippen molar-refractivity contribution in [2.45, 2.75) is 38.7 Å². The van der Waals surface area contributed by atoms with Gasteiger partial charge in [-0.2, -0.15) is 0 Å². The van der Waals surface area contributed by atoms with Gasteiger partial charge in [0, 0.05) is 0 Å². The van der Waals surface area contributed by atoms with Crippen molar-refractivity contribution in [3.63, 3.8) is 0 Å². The molecule has 0 aromatic heterocycles. The summed E-state index contributed by atoms with van der Waals surface area (Å²) in [6.07, 6.45) is 6.76. The van der Waals surface area contributed by atoms with Gasteiger partial charge in [0.05, 0.1) is 5.92 Å². The first-order valence-electron chi connectivity index (χ1n) is 7.71. The molecule has 0 heterocycles. The number of rotatable bonds is 7. The standard InChI is InChI=1S/C19H24O2/c1-3-4-12-18(17-13-8-9-15(17)2)19(20)21-14-16-10-6-5-7-11-16/h3,5-7,10-11,17-18H,1-2,4,8-9,12-14H2/t17-,18-/m0/s1. The number of hydrogen-bond acceptors (Lipinski definition) is 2. The lowest BCUT2D eigenvalue weighted by molar-refractivity contribution is -0.151. The van der Waals surface area contributed by atoms with Gasteiger partial charge in [-0.15, -0.1) is 6.58 Å². The second-order valence-electron chi connectivity index (χ2n) is 5.72. The molecule has 0 saturated heterocycles. The number of hydrogen-bond donors (Lipinski definition) is 0. The van der Waals surface area contributed by atoms with Gasteiger partial charge in [-0.05, 0) is 43.6 Å². The lowest BCUT2D eigenvalue weighted by Crippen LogP contribution is -2.25. The van der Waals surface area contributed by atoms with Crippen molar-refractivity contribution in [1.29, 1.82) is 0 Å². The minimum atomic E-state index is -0.0891. The van der Waals surface area contributed by atoms with Crippen LogP contribution in [0.15, 0.2) is 55.1 Å². The van der Waals surface area contributed by atoms with Gasteiger partial charge in [-0.1, -0.05) is 48.6 Å². The molecule has 0 N–H and O–H groups in total. The molecular formula is C19H24O2. The van der Waals surface area contributed by atoms with E-state index in [1.807, 2.05) is 36.4 Å². The van der Waals surface area contributed by atoms with Crippen molar-refractivity contribution in [3.05, 3.63) is 60.7 Å². The van der Waals surface area contributed by atoms with Gasteiger partial charge in [0.1, 0.15) is 6.61 Å². The van der Waals surface area contributed by atoms with Gasteiger partial charge in [-0.25, -0.2) is 0 Å². The molecule has 2 heteroatoms. The molecule has 0 aliphatic heterocycles. The van der Waals surface area contributed by atoms with E-state index in [4.69, 9.17) is 4.74 Å². The molecule has 0 radical (unpaired) electrons. The van der Waals surface area contributed by atoms with Gasteiger partial charge in [0.15, 0.2) is 0 Å². The highest BCUT2D eigenvalue weighted by Gasteiger charge is 2.33. The quantitative estimate of drug-likeness (QED) is 0.537. The van der Waals surface area contributed by atoms with Gasteiger partial charge in [0.2, 0.25) is 0 Å². The third kappa shape index (κ3) is 4.32. The Labute approximate surface area is 127 Å². The maximum Gasteiger partial charge on any atom is 0.309 e. The van der Waals surface area contributed by atoms with Crippen molar-refractivity contribution in [2.75, 3.05) is 0 Å². The fourth-order valence-corrected chi connectivity index (χ4v) is 3.04. The molecule has 0 unspecified atom stereocenters. The van der Waals surface area contributed by atoms with Gasteiger partial charge < -0.3 is 4.74 Å². The van der Waals surface area contributed by atoms with Crippen LogP contribution in [0, 0.1) is 11.8 Å². The van der Waals surface area contributed by atoms with E-state index in [-0.39, 0.29) is 17.8 Å². The molecule has 2 rings (SSSR count). The molecule has 2 atom stereocenters. The Kier molecular flexibility index (Phi) is 5.79. The van der Waals surface area contributed by atoms with Crippen LogP contribution in [0.2, 0.25) is 0 Å². The minimum absolute atomic E-state index is 0.0679. The SMILES string of the molecule is C=CCC[C@H](C(=O)OCc1ccccc1)[C@H]1CCCC1=C. The molecule has 1 aliphatic rings. The highest BCUT2D eigenvalue weighted by atomic mass is 16.5. The smallest absolute Gasteiger partial charge is 0.309 e. The van der Waals surface area contributed by atoms with E-state index < -0.39 is 0 Å². The number of carbonyl (C=O) groups excluding carboxylic acids is 1. The average Bonchev–Trinajstić information content (AvgIpc) is 2.93. The van der Waals surface area contributed by atoms with E-state index in [1.165, 1.54) is 5.57 Å². The van der Waals surface area contributed by atoms with Crippen LogP contribution in [-0.2, 0) is 16.1 Å². The Morgan fingerprint density at radius 1 is 1.38 bits per heavy atom. The summed E-state index contributed by atoms with van der Waals surface area (Å²) < 4.78 is 5.53. The normalized spacial score (nSPS) is 19.2. The van der Waals surface area contributed by atoms with Crippen molar-refractivity contribution in [3.8, 4) is 0 Å². The maximum atomic E-state index is 12.5. The molecule has 112 valence electrons. The van der Waals surface area contributed by atoms with E-state index >= 15 is 0 Å². The van der Waals surface area contributed by atoms with Crippen molar-refractivity contribution in [2.24, 2.45) is 11.8 Å². The Morgan fingerprint density at radius 2 is 2.14 bits per heavy atom. The summed E-state index contributed by atoms with van der Waals surface area (Å²) in [5.41, 5.74) is 2.24. The predicted molar refractivity (Wildman–Crippen MR) is 85.6 cm³/mol. The second kappa shape index (κ2) is 7.82. The van der Waals surface area contributed by atoms with Crippen LogP contribution in [0.1, 0.15) is 37.7 Å². The molecule has 0 bridgehead atoms. The first-order chi connectivity index (χ1) is 10.2. The first-order valence-corrected chi connectivity index (χ1v) is 7.71. The fraction of sp³-hybridized carbons (Fsp3) is 0.421. The van der Waals surface area contributed by atoms with Gasteiger partial charge in [-0.3, -0.25) is 4.79 Å². The van der Waals surface area contributed by atoms with Crippen LogP contribution in [0.25, 0.3) is 0 Å². The molecule has 1 aromatic rings. The van der Waals surface area contributed by atoms with Crippen LogP contribution in [-0.4, -0.2) is 5.97 Å². The van der Waals surface area contributed by atoms with E-state index in [0.29, 0.717) is 6.61 Å². The average molecular weight is 284 g/mol. The van der Waals surface area contributed by atoms with Crippen LogP contribution < -0.4 is 0 Å². The summed E-state index contributed by atoms with van der Waals surface area (Å²) in [4.78, 5) is 12.5. The van der Waals surface area contributed by atoms with Crippen LogP contribution in [0.4, 0.5) is 0 Å². The van der Waals surface area contributed by atoms with Crippen molar-refractivity contribution in [1.82, 2.24) is 0 Å². The predicted octanol–water partition coefficient (Wildman–Crippen LogP) is 4.67. The maximum absolute atomic E-state index is 12.5. The van der Waals surface area contributed by atoms with Crippen LogP contribution >= 0.6 is 0 Å². The highest BCUT2D eigenvalue weighted by Crippen LogP contribution is 2.38. The van der Waals surface area contributed by atoms with Gasteiger partial charge >= 0.3 is 5.97 Å². The number of allylic oxidation sites excluding steroid dienone is 2. The van der Waals surface area contributed by atoms with Crippen LogP contribution in [0.5, 0.6) is 0 Å². The minimum Gasteiger partial charge on any atom is -0.461 e. The van der Waals surface area contributed by atoms with E-state index in [2.05, 4.69) is 13.2 Å². The second-order valence-corrected chi connectivity index (χ2v) is 5.72. The molecule has 1 aliphatic carbocycles. The molecule has 1 aromatic carbocycles. The van der Waals surface area contributed by atoms with Crippen LogP contribution in [0.3, 0.4) is 0 Å². The molecule has 21 heavy (non-hydrogen) atoms. The summed E-state index contributed by atoms with van der Waals surface area (Å²) in [5, 5.41) is 0. The van der Waals surface area contributed by atoms with E-state index in [9.17, 15) is 4.79 Å². The largest absolute Gasteiger partial charge is 0.461 e. The third-order valence-corrected chi connectivity index (χ3v) is 4.23. The molecule has 2 nitrogen and oxygen atoms in total. The topological polar surface area (TPSA) is 26.3 Å². The summed E-state index contributed by atoms with van der Waals surface area (Å²) in [7, 11) is 0. The Bertz CT molecular complexity index is 490. The highest BCUT2D eigenvalue weighted by molar-refractivity contribution is 5.73. The molecule has 1 saturated carbocycles. The lowest BCUT2D eigenvalue weighted by Gasteiger charge is -2.22. The van der Waals surface area contributed by atoms with Gasteiger partial charge in [0.25, 0.3) is 0 Å². The van der Waals surface area contributed by atoms with E-state index in [0.717, 1.165) is 37.7 Å². The Hall–Kier alpha value is -1.83. The number of benzene rings is 1. The zero-order valence-corrected chi connectivity index (χ0v) is 12.6. The summed E-state index contributed by atoms with van der Waals surface area (Å²) in [6, 6.07) is 9.82. The molecule has 0 amide bonds. The number of esters is 1. The summed E-state index contributed by atoms with van der Waals surface area (Å²) in [6.45, 7) is 8.24. The third-order valence-electron chi connectivity index (χ3n) is 4.23. The summed E-state index contributed by atoms with van der Waals surface area (Å²) in [5.74, 6) is 0.128.